The summed E-state index contributed by atoms with van der Waals surface area (Å²) in [5, 5.41) is 2.85. The number of pyridine rings is 1. The Bertz CT molecular complexity index is 846. The van der Waals surface area contributed by atoms with E-state index in [0.29, 0.717) is 17.5 Å². The van der Waals surface area contributed by atoms with Crippen molar-refractivity contribution in [1.82, 2.24) is 15.0 Å². The normalized spacial score (nSPS) is 20.0. The van der Waals surface area contributed by atoms with Crippen molar-refractivity contribution in [2.24, 2.45) is 5.92 Å². The molecular weight excluding hydrogens is 344 g/mol. The monoisotopic (exact) mass is 356 g/mol. The maximum atomic E-state index is 12.3. The second-order valence-corrected chi connectivity index (χ2v) is 6.37. The van der Waals surface area contributed by atoms with Gasteiger partial charge in [-0.2, -0.15) is 4.98 Å². The van der Waals surface area contributed by atoms with E-state index in [1.165, 1.54) is 5.56 Å². The van der Waals surface area contributed by atoms with Crippen LogP contribution in [-0.4, -0.2) is 20.9 Å². The Morgan fingerprint density at radius 1 is 1.32 bits per heavy atom. The molecule has 0 radical (unpaired) electrons. The van der Waals surface area contributed by atoms with Crippen LogP contribution in [-0.2, 0) is 4.79 Å². The number of halogens is 1. The predicted octanol–water partition coefficient (Wildman–Crippen LogP) is 3.46. The number of anilines is 1. The van der Waals surface area contributed by atoms with Crippen LogP contribution in [0.4, 0.5) is 5.95 Å². The number of rotatable bonds is 3. The van der Waals surface area contributed by atoms with Crippen LogP contribution in [0.5, 0.6) is 0 Å². The number of hydrogen-bond acceptors (Lipinski definition) is 3. The summed E-state index contributed by atoms with van der Waals surface area (Å²) in [5.74, 6) is 0.796. The van der Waals surface area contributed by atoms with Crippen molar-refractivity contribution in [3.05, 3.63) is 52.6 Å². The van der Waals surface area contributed by atoms with Crippen molar-refractivity contribution in [3.8, 4) is 0 Å². The number of nitrogens with one attached hydrogen (secondary N) is 2. The average molecular weight is 357 g/mol. The first-order chi connectivity index (χ1) is 10.7. The zero-order chi connectivity index (χ0) is 15.1. The summed E-state index contributed by atoms with van der Waals surface area (Å²) in [5.41, 5.74) is 2.60. The molecule has 22 heavy (non-hydrogen) atoms. The largest absolute Gasteiger partial charge is 0.322 e. The fourth-order valence-electron chi connectivity index (χ4n) is 2.70. The third kappa shape index (κ3) is 2.50. The highest BCUT2D eigenvalue weighted by Crippen LogP contribution is 2.47. The molecule has 6 heteroatoms. The molecule has 3 aromatic rings. The maximum absolute atomic E-state index is 12.3. The number of carbonyl (C=O) groups is 1. The zero-order valence-corrected chi connectivity index (χ0v) is 13.2. The first kappa shape index (κ1) is 13.5. The van der Waals surface area contributed by atoms with Gasteiger partial charge >= 0.3 is 0 Å². The summed E-state index contributed by atoms with van der Waals surface area (Å²) in [6, 6.07) is 12.0. The molecule has 2 atom stereocenters. The van der Waals surface area contributed by atoms with E-state index in [2.05, 4.69) is 48.3 Å². The highest BCUT2D eigenvalue weighted by atomic mass is 79.9. The number of aromatic nitrogens is 3. The van der Waals surface area contributed by atoms with Gasteiger partial charge in [-0.25, -0.2) is 4.98 Å². The van der Waals surface area contributed by atoms with Gasteiger partial charge in [0.2, 0.25) is 11.9 Å². The number of carbonyl (C=O) groups excluding carboxylic acids is 1. The molecule has 0 aliphatic heterocycles. The van der Waals surface area contributed by atoms with Crippen LogP contribution in [0.3, 0.4) is 0 Å². The minimum Gasteiger partial charge on any atom is -0.322 e. The minimum atomic E-state index is 0.00646. The molecule has 1 aliphatic rings. The Balaban J connectivity index is 1.48. The molecule has 0 unspecified atom stereocenters. The zero-order valence-electron chi connectivity index (χ0n) is 11.6. The average Bonchev–Trinajstić information content (AvgIpc) is 3.23. The van der Waals surface area contributed by atoms with E-state index in [4.69, 9.17) is 0 Å². The Morgan fingerprint density at radius 2 is 2.14 bits per heavy atom. The molecule has 0 bridgehead atoms. The maximum Gasteiger partial charge on any atom is 0.230 e. The van der Waals surface area contributed by atoms with E-state index in [0.717, 1.165) is 16.4 Å². The van der Waals surface area contributed by atoms with E-state index in [-0.39, 0.29) is 11.8 Å². The number of fused-ring (bicyclic) bond motifs is 1. The van der Waals surface area contributed by atoms with Gasteiger partial charge in [0.1, 0.15) is 0 Å². The lowest BCUT2D eigenvalue weighted by atomic mass is 10.1. The molecule has 110 valence electrons. The number of H-pyrrole nitrogens is 1. The molecule has 2 heterocycles. The molecule has 1 aliphatic carbocycles. The standard InChI is InChI=1S/C16H13BrN4O/c17-10-6-13-14(18-8-10)20-16(19-13)21-15(22)12-7-11(12)9-4-2-1-3-5-9/h1-6,8,11-12H,7H2,(H2,18,19,20,21,22)/t11-,12+/m1/s1. The molecule has 4 rings (SSSR count). The molecule has 1 saturated carbocycles. The van der Waals surface area contributed by atoms with Crippen molar-refractivity contribution < 1.29 is 4.79 Å². The molecular formula is C16H13BrN4O. The van der Waals surface area contributed by atoms with Gasteiger partial charge in [0.15, 0.2) is 5.65 Å². The topological polar surface area (TPSA) is 70.7 Å². The second kappa shape index (κ2) is 5.21. The highest BCUT2D eigenvalue weighted by molar-refractivity contribution is 9.10. The van der Waals surface area contributed by atoms with Crippen molar-refractivity contribution in [1.29, 1.82) is 0 Å². The summed E-state index contributed by atoms with van der Waals surface area (Å²) >= 11 is 3.36. The fraction of sp³-hybridized carbons (Fsp3) is 0.188. The number of nitrogens with zero attached hydrogens (tertiary/aromatic N) is 2. The highest BCUT2D eigenvalue weighted by Gasteiger charge is 2.44. The Hall–Kier alpha value is -2.21. The quantitative estimate of drug-likeness (QED) is 0.754. The summed E-state index contributed by atoms with van der Waals surface area (Å²) in [6.45, 7) is 0. The SMILES string of the molecule is O=C(Nc1nc2ncc(Br)cc2[nH]1)[C@H]1C[C@@H]1c1ccccc1. The van der Waals surface area contributed by atoms with Gasteiger partial charge in [-0.3, -0.25) is 10.1 Å². The molecule has 0 spiro atoms. The molecule has 5 nitrogen and oxygen atoms in total. The second-order valence-electron chi connectivity index (χ2n) is 5.46. The van der Waals surface area contributed by atoms with Crippen LogP contribution in [0.2, 0.25) is 0 Å². The Morgan fingerprint density at radius 3 is 2.95 bits per heavy atom. The van der Waals surface area contributed by atoms with E-state index < -0.39 is 0 Å². The van der Waals surface area contributed by atoms with Crippen LogP contribution < -0.4 is 5.32 Å². The third-order valence-electron chi connectivity index (χ3n) is 3.90. The first-order valence-corrected chi connectivity index (χ1v) is 7.87. The van der Waals surface area contributed by atoms with Gasteiger partial charge in [0.25, 0.3) is 0 Å². The van der Waals surface area contributed by atoms with Crippen molar-refractivity contribution in [3.63, 3.8) is 0 Å². The van der Waals surface area contributed by atoms with E-state index in [1.807, 2.05) is 24.3 Å². The number of aromatic amines is 1. The van der Waals surface area contributed by atoms with Crippen LogP contribution in [0.15, 0.2) is 47.1 Å². The van der Waals surface area contributed by atoms with Gasteiger partial charge in [-0.15, -0.1) is 0 Å². The summed E-state index contributed by atoms with van der Waals surface area (Å²) in [4.78, 5) is 23.8. The van der Waals surface area contributed by atoms with Crippen molar-refractivity contribution in [2.75, 3.05) is 5.32 Å². The minimum absolute atomic E-state index is 0.00646. The fourth-order valence-corrected chi connectivity index (χ4v) is 3.03. The number of hydrogen-bond donors (Lipinski definition) is 2. The molecule has 1 fully saturated rings. The van der Waals surface area contributed by atoms with E-state index in [9.17, 15) is 4.79 Å². The lowest BCUT2D eigenvalue weighted by Crippen LogP contribution is -2.15. The van der Waals surface area contributed by atoms with Crippen LogP contribution >= 0.6 is 15.9 Å². The Kier molecular flexibility index (Phi) is 3.18. The Labute approximate surface area is 135 Å². The summed E-state index contributed by atoms with van der Waals surface area (Å²) in [6.07, 6.45) is 2.57. The van der Waals surface area contributed by atoms with Crippen LogP contribution in [0.1, 0.15) is 17.9 Å². The number of benzene rings is 1. The van der Waals surface area contributed by atoms with Gasteiger partial charge < -0.3 is 4.98 Å². The molecule has 0 saturated heterocycles. The van der Waals surface area contributed by atoms with E-state index >= 15 is 0 Å². The smallest absolute Gasteiger partial charge is 0.230 e. The van der Waals surface area contributed by atoms with Crippen LogP contribution in [0.25, 0.3) is 11.2 Å². The summed E-state index contributed by atoms with van der Waals surface area (Å²) < 4.78 is 0.868. The van der Waals surface area contributed by atoms with Crippen molar-refractivity contribution in [2.45, 2.75) is 12.3 Å². The molecule has 2 aromatic heterocycles. The first-order valence-electron chi connectivity index (χ1n) is 7.08. The lowest BCUT2D eigenvalue weighted by Gasteiger charge is -2.01. The van der Waals surface area contributed by atoms with E-state index in [1.54, 1.807) is 6.20 Å². The van der Waals surface area contributed by atoms with Gasteiger partial charge in [-0.1, -0.05) is 30.3 Å². The molecule has 1 aromatic carbocycles. The lowest BCUT2D eigenvalue weighted by molar-refractivity contribution is -0.117. The van der Waals surface area contributed by atoms with Gasteiger partial charge in [0.05, 0.1) is 5.52 Å². The number of amides is 1. The third-order valence-corrected chi connectivity index (χ3v) is 4.33. The summed E-state index contributed by atoms with van der Waals surface area (Å²) in [7, 11) is 0. The number of imidazole rings is 1. The van der Waals surface area contributed by atoms with Gasteiger partial charge in [-0.05, 0) is 39.9 Å². The van der Waals surface area contributed by atoms with Crippen molar-refractivity contribution >= 4 is 38.9 Å². The van der Waals surface area contributed by atoms with Crippen LogP contribution in [0, 0.1) is 5.92 Å². The predicted molar refractivity (Wildman–Crippen MR) is 87.5 cm³/mol. The molecule has 1 amide bonds. The van der Waals surface area contributed by atoms with Gasteiger partial charge in [0, 0.05) is 16.6 Å². The molecule has 2 N–H and O–H groups in total.